The van der Waals surface area contributed by atoms with E-state index >= 15 is 4.39 Å². The van der Waals surface area contributed by atoms with E-state index < -0.39 is 18.0 Å². The summed E-state index contributed by atoms with van der Waals surface area (Å²) in [5.41, 5.74) is 1.83. The molecule has 244 valence electrons. The zero-order valence-corrected chi connectivity index (χ0v) is 27.4. The van der Waals surface area contributed by atoms with Gasteiger partial charge in [-0.05, 0) is 63.1 Å². The SMILES string of the molecule is CC(Oc1ccc(C(C)(C)c2ccc(OC3CC(OC(=O)NC(C)(C)C)C3)cc2)cc1)c1ncnc(N2CC3(CC(=O)C3)C2)c1F. The smallest absolute Gasteiger partial charge is 0.407 e. The largest absolute Gasteiger partial charge is 0.490 e. The van der Waals surface area contributed by atoms with Gasteiger partial charge < -0.3 is 24.4 Å². The average molecular weight is 631 g/mol. The van der Waals surface area contributed by atoms with Crippen molar-refractivity contribution < 1.29 is 28.2 Å². The number of anilines is 1. The van der Waals surface area contributed by atoms with Crippen LogP contribution in [0.15, 0.2) is 54.9 Å². The van der Waals surface area contributed by atoms with Crippen molar-refractivity contribution in [2.45, 2.75) is 96.5 Å². The van der Waals surface area contributed by atoms with E-state index in [2.05, 4.69) is 41.3 Å². The average Bonchev–Trinajstić information content (AvgIpc) is 2.93. The molecular formula is C36H43FN4O5. The Balaban J connectivity index is 1.01. The highest BCUT2D eigenvalue weighted by atomic mass is 19.1. The van der Waals surface area contributed by atoms with Crippen molar-refractivity contribution >= 4 is 17.7 Å². The molecule has 3 aromatic rings. The van der Waals surface area contributed by atoms with E-state index in [0.717, 1.165) is 16.9 Å². The van der Waals surface area contributed by atoms with Crippen LogP contribution in [0.25, 0.3) is 0 Å². The van der Waals surface area contributed by atoms with Gasteiger partial charge >= 0.3 is 6.09 Å². The van der Waals surface area contributed by atoms with Crippen molar-refractivity contribution in [2.75, 3.05) is 18.0 Å². The van der Waals surface area contributed by atoms with E-state index in [9.17, 15) is 9.59 Å². The van der Waals surface area contributed by atoms with E-state index in [1.165, 1.54) is 6.33 Å². The van der Waals surface area contributed by atoms with Crippen molar-refractivity contribution in [3.05, 3.63) is 77.5 Å². The van der Waals surface area contributed by atoms with E-state index in [0.29, 0.717) is 44.5 Å². The van der Waals surface area contributed by atoms with Crippen LogP contribution in [-0.2, 0) is 14.9 Å². The second kappa shape index (κ2) is 11.9. The summed E-state index contributed by atoms with van der Waals surface area (Å²) in [6.07, 6.45) is 2.75. The highest BCUT2D eigenvalue weighted by molar-refractivity contribution is 5.87. The van der Waals surface area contributed by atoms with Crippen LogP contribution in [0.5, 0.6) is 11.5 Å². The molecule has 0 bridgehead atoms. The van der Waals surface area contributed by atoms with Crippen LogP contribution in [0.4, 0.5) is 15.0 Å². The van der Waals surface area contributed by atoms with Gasteiger partial charge in [-0.25, -0.2) is 19.2 Å². The minimum atomic E-state index is -0.619. The van der Waals surface area contributed by atoms with Crippen LogP contribution < -0.4 is 19.7 Å². The summed E-state index contributed by atoms with van der Waals surface area (Å²) in [6, 6.07) is 16.0. The lowest BCUT2D eigenvalue weighted by Crippen LogP contribution is -2.63. The van der Waals surface area contributed by atoms with Gasteiger partial charge in [0.25, 0.3) is 0 Å². The molecule has 1 atom stereocenters. The third-order valence-corrected chi connectivity index (χ3v) is 9.25. The Morgan fingerprint density at radius 2 is 1.52 bits per heavy atom. The molecule has 6 rings (SSSR count). The predicted octanol–water partition coefficient (Wildman–Crippen LogP) is 6.69. The van der Waals surface area contributed by atoms with Gasteiger partial charge in [0.05, 0.1) is 0 Å². The molecule has 46 heavy (non-hydrogen) atoms. The molecule has 0 radical (unpaired) electrons. The van der Waals surface area contributed by atoms with Gasteiger partial charge in [0, 0.05) is 55.1 Å². The van der Waals surface area contributed by atoms with E-state index in [1.807, 2.05) is 62.1 Å². The molecular weight excluding hydrogens is 587 g/mol. The Bertz CT molecular complexity index is 1580. The number of carbonyl (C=O) groups excluding carboxylic acids is 2. The monoisotopic (exact) mass is 630 g/mol. The van der Waals surface area contributed by atoms with Gasteiger partial charge in [0.15, 0.2) is 11.6 Å². The number of amides is 1. The van der Waals surface area contributed by atoms with Crippen molar-refractivity contribution in [3.63, 3.8) is 0 Å². The number of aromatic nitrogens is 2. The minimum absolute atomic E-state index is 0.00538. The van der Waals surface area contributed by atoms with Gasteiger partial charge in [-0.3, -0.25) is 4.79 Å². The highest BCUT2D eigenvalue weighted by Crippen LogP contribution is 2.47. The minimum Gasteiger partial charge on any atom is -0.490 e. The van der Waals surface area contributed by atoms with Crippen LogP contribution in [0.2, 0.25) is 0 Å². The fourth-order valence-electron chi connectivity index (χ4n) is 6.52. The third kappa shape index (κ3) is 6.66. The van der Waals surface area contributed by atoms with Gasteiger partial charge in [-0.2, -0.15) is 0 Å². The summed E-state index contributed by atoms with van der Waals surface area (Å²) >= 11 is 0. The summed E-state index contributed by atoms with van der Waals surface area (Å²) in [6.45, 7) is 13.1. The Morgan fingerprint density at radius 3 is 2.09 bits per heavy atom. The molecule has 2 aromatic carbocycles. The lowest BCUT2D eigenvalue weighted by atomic mass is 9.63. The zero-order valence-electron chi connectivity index (χ0n) is 27.4. The molecule has 3 fully saturated rings. The first kappa shape index (κ1) is 31.8. The fraction of sp³-hybridized carbons (Fsp3) is 0.500. The highest BCUT2D eigenvalue weighted by Gasteiger charge is 2.53. The summed E-state index contributed by atoms with van der Waals surface area (Å²) < 4.78 is 33.1. The Kier molecular flexibility index (Phi) is 8.19. The third-order valence-electron chi connectivity index (χ3n) is 9.25. The number of Topliss-reactive ketones (excluding diaryl/α,β-unsaturated/α-hetero) is 1. The van der Waals surface area contributed by atoms with Crippen LogP contribution in [0.1, 0.15) is 90.2 Å². The molecule has 1 amide bonds. The van der Waals surface area contributed by atoms with Crippen molar-refractivity contribution in [1.82, 2.24) is 15.3 Å². The number of ether oxygens (including phenoxy) is 3. The van der Waals surface area contributed by atoms with Gasteiger partial charge in [0.2, 0.25) is 0 Å². The maximum absolute atomic E-state index is 15.4. The number of halogens is 1. The lowest BCUT2D eigenvalue weighted by Gasteiger charge is -2.55. The van der Waals surface area contributed by atoms with E-state index in [-0.39, 0.29) is 45.9 Å². The first-order valence-electron chi connectivity index (χ1n) is 16.0. The summed E-state index contributed by atoms with van der Waals surface area (Å²) in [4.78, 5) is 33.7. The fourth-order valence-corrected chi connectivity index (χ4v) is 6.52. The van der Waals surface area contributed by atoms with Crippen LogP contribution >= 0.6 is 0 Å². The zero-order chi connectivity index (χ0) is 32.9. The molecule has 1 saturated heterocycles. The topological polar surface area (TPSA) is 103 Å². The van der Waals surface area contributed by atoms with Crippen molar-refractivity contribution in [3.8, 4) is 11.5 Å². The van der Waals surface area contributed by atoms with Crippen molar-refractivity contribution in [1.29, 1.82) is 0 Å². The van der Waals surface area contributed by atoms with Gasteiger partial charge in [-0.15, -0.1) is 0 Å². The summed E-state index contributed by atoms with van der Waals surface area (Å²) in [5, 5.41) is 2.82. The van der Waals surface area contributed by atoms with E-state index in [4.69, 9.17) is 14.2 Å². The number of rotatable bonds is 9. The van der Waals surface area contributed by atoms with Gasteiger partial charge in [-0.1, -0.05) is 38.1 Å². The second-order valence-electron chi connectivity index (χ2n) is 14.7. The number of carbonyl (C=O) groups is 2. The number of alkyl carbamates (subject to hydrolysis) is 1. The molecule has 2 heterocycles. The molecule has 9 nitrogen and oxygen atoms in total. The van der Waals surface area contributed by atoms with Crippen LogP contribution in [0.3, 0.4) is 0 Å². The number of nitrogens with one attached hydrogen (secondary N) is 1. The number of benzene rings is 2. The molecule has 1 unspecified atom stereocenters. The number of hydrogen-bond donors (Lipinski definition) is 1. The Morgan fingerprint density at radius 1 is 0.935 bits per heavy atom. The molecule has 10 heteroatoms. The van der Waals surface area contributed by atoms with E-state index in [1.54, 1.807) is 6.92 Å². The standard InChI is InChI=1S/C36H43FN4O5/c1-22(31-30(37)32(39-21-38-31)41-19-36(20-41)17-25(42)18-36)44-26-11-7-23(8-12-26)35(5,6)24-9-13-27(14-10-24)45-28-15-29(16-28)46-33(43)40-34(2,3)4/h7-14,21-22,28-29H,15-20H2,1-6H3,(H,40,43). The first-order valence-corrected chi connectivity index (χ1v) is 16.0. The molecule has 1 aliphatic heterocycles. The first-order chi connectivity index (χ1) is 21.7. The second-order valence-corrected chi connectivity index (χ2v) is 14.7. The maximum Gasteiger partial charge on any atom is 0.407 e. The number of nitrogens with zero attached hydrogens (tertiary/aromatic N) is 3. The quantitative estimate of drug-likeness (QED) is 0.279. The molecule has 3 aliphatic rings. The Labute approximate surface area is 269 Å². The summed E-state index contributed by atoms with van der Waals surface area (Å²) in [5.74, 6) is 1.47. The lowest BCUT2D eigenvalue weighted by molar-refractivity contribution is -0.134. The Hall–Kier alpha value is -4.21. The summed E-state index contributed by atoms with van der Waals surface area (Å²) in [7, 11) is 0. The van der Waals surface area contributed by atoms with Crippen LogP contribution in [0, 0.1) is 11.2 Å². The molecule has 1 spiro atoms. The number of hydrogen-bond acceptors (Lipinski definition) is 8. The van der Waals surface area contributed by atoms with Crippen molar-refractivity contribution in [2.24, 2.45) is 5.41 Å². The van der Waals surface area contributed by atoms with Crippen LogP contribution in [-0.4, -0.2) is 52.7 Å². The maximum atomic E-state index is 15.4. The molecule has 1 N–H and O–H groups in total. The molecule has 2 saturated carbocycles. The molecule has 1 aromatic heterocycles. The van der Waals surface area contributed by atoms with Gasteiger partial charge in [0.1, 0.15) is 47.6 Å². The number of ketones is 1. The predicted molar refractivity (Wildman–Crippen MR) is 172 cm³/mol. The molecule has 2 aliphatic carbocycles. The normalized spacial score (nSPS) is 21.0.